The lowest BCUT2D eigenvalue weighted by Gasteiger charge is -2.39. The third-order valence-corrected chi connectivity index (χ3v) is 6.33. The average molecular weight is 421 g/mol. The van der Waals surface area contributed by atoms with Crippen LogP contribution < -0.4 is 5.43 Å². The van der Waals surface area contributed by atoms with Crippen molar-refractivity contribution in [1.29, 1.82) is 0 Å². The number of hydrogen-bond donors (Lipinski definition) is 1. The number of aryl methyl sites for hydroxylation is 3. The summed E-state index contributed by atoms with van der Waals surface area (Å²) in [5.74, 6) is 0.0767. The van der Waals surface area contributed by atoms with E-state index in [0.29, 0.717) is 17.0 Å². The summed E-state index contributed by atoms with van der Waals surface area (Å²) in [7, 11) is 0. The first-order valence-electron chi connectivity index (χ1n) is 11.7. The zero-order valence-corrected chi connectivity index (χ0v) is 19.4. The van der Waals surface area contributed by atoms with E-state index < -0.39 is 0 Å². The van der Waals surface area contributed by atoms with Crippen molar-refractivity contribution in [2.24, 2.45) is 5.92 Å². The van der Waals surface area contributed by atoms with Gasteiger partial charge in [-0.15, -0.1) is 0 Å². The molecule has 1 saturated carbocycles. The van der Waals surface area contributed by atoms with E-state index in [2.05, 4.69) is 18.4 Å². The fourth-order valence-corrected chi connectivity index (χ4v) is 4.79. The van der Waals surface area contributed by atoms with E-state index >= 15 is 0 Å². The maximum Gasteiger partial charge on any atom is 0.272 e. The highest BCUT2D eigenvalue weighted by Gasteiger charge is 2.33. The van der Waals surface area contributed by atoms with Crippen LogP contribution >= 0.6 is 0 Å². The maximum absolute atomic E-state index is 13.7. The quantitative estimate of drug-likeness (QED) is 0.570. The summed E-state index contributed by atoms with van der Waals surface area (Å²) in [6.45, 7) is 8.16. The van der Waals surface area contributed by atoms with Crippen LogP contribution in [0, 0.1) is 26.7 Å². The van der Waals surface area contributed by atoms with Gasteiger partial charge in [0.25, 0.3) is 11.8 Å². The van der Waals surface area contributed by atoms with Crippen LogP contribution in [-0.2, 0) is 0 Å². The zero-order valence-electron chi connectivity index (χ0n) is 19.4. The van der Waals surface area contributed by atoms with Gasteiger partial charge in [-0.1, -0.05) is 67.5 Å². The van der Waals surface area contributed by atoms with Gasteiger partial charge in [-0.2, -0.15) is 0 Å². The minimum absolute atomic E-state index is 0.00742. The van der Waals surface area contributed by atoms with Crippen molar-refractivity contribution < 1.29 is 9.59 Å². The number of carbonyl (C=O) groups is 2. The molecule has 0 heterocycles. The Kier molecular flexibility index (Phi) is 7.89. The first-order valence-corrected chi connectivity index (χ1v) is 11.7. The van der Waals surface area contributed by atoms with Gasteiger partial charge in [-0.25, -0.2) is 5.01 Å². The summed E-state index contributed by atoms with van der Waals surface area (Å²) in [6, 6.07) is 13.4. The lowest BCUT2D eigenvalue weighted by Crippen LogP contribution is -2.54. The first-order chi connectivity index (χ1) is 14.9. The van der Waals surface area contributed by atoms with Crippen LogP contribution in [0.15, 0.2) is 42.5 Å². The molecule has 0 saturated heterocycles. The molecule has 2 amide bonds. The molecule has 1 atom stereocenters. The van der Waals surface area contributed by atoms with Gasteiger partial charge in [-0.05, 0) is 70.2 Å². The van der Waals surface area contributed by atoms with Gasteiger partial charge in [0.15, 0.2) is 0 Å². The van der Waals surface area contributed by atoms with E-state index in [4.69, 9.17) is 0 Å². The number of hydrazine groups is 1. The second-order valence-corrected chi connectivity index (χ2v) is 9.11. The van der Waals surface area contributed by atoms with Gasteiger partial charge >= 0.3 is 0 Å². The standard InChI is InChI=1S/C27H36N2O2/c1-5-9-25(22-10-7-6-8-11-22)29(27(31)24-17-20(3)16-21(4)18-24)28-26(30)23-14-12-19(2)13-15-23/h12-18,22,25H,5-11H2,1-4H3,(H,28,30)/t25-/m0/s1. The molecule has 0 aromatic heterocycles. The molecule has 1 fully saturated rings. The predicted octanol–water partition coefficient (Wildman–Crippen LogP) is 6.15. The molecule has 166 valence electrons. The van der Waals surface area contributed by atoms with Crippen molar-refractivity contribution in [3.05, 3.63) is 70.3 Å². The minimum atomic E-state index is -0.227. The number of rotatable bonds is 6. The molecule has 31 heavy (non-hydrogen) atoms. The largest absolute Gasteiger partial charge is 0.272 e. The molecule has 3 rings (SSSR count). The Balaban J connectivity index is 1.95. The Morgan fingerprint density at radius 3 is 2.10 bits per heavy atom. The number of amides is 2. The number of hydrogen-bond acceptors (Lipinski definition) is 2. The number of nitrogens with one attached hydrogen (secondary N) is 1. The average Bonchev–Trinajstić information content (AvgIpc) is 2.76. The Labute approximate surface area is 187 Å². The lowest BCUT2D eigenvalue weighted by molar-refractivity contribution is 0.0333. The minimum Gasteiger partial charge on any atom is -0.267 e. The van der Waals surface area contributed by atoms with Gasteiger partial charge in [0.05, 0.1) is 6.04 Å². The van der Waals surface area contributed by atoms with Crippen LogP contribution in [0.1, 0.15) is 89.3 Å². The summed E-state index contributed by atoms with van der Waals surface area (Å²) in [6.07, 6.45) is 7.73. The van der Waals surface area contributed by atoms with E-state index in [-0.39, 0.29) is 17.9 Å². The third kappa shape index (κ3) is 5.96. The lowest BCUT2D eigenvalue weighted by atomic mass is 9.81. The number of nitrogens with zero attached hydrogens (tertiary/aromatic N) is 1. The van der Waals surface area contributed by atoms with Crippen LogP contribution in [0.2, 0.25) is 0 Å². The van der Waals surface area contributed by atoms with Crippen LogP contribution in [0.3, 0.4) is 0 Å². The molecule has 1 N–H and O–H groups in total. The Morgan fingerprint density at radius 2 is 1.52 bits per heavy atom. The van der Waals surface area contributed by atoms with Gasteiger partial charge in [-0.3, -0.25) is 15.0 Å². The zero-order chi connectivity index (χ0) is 22.4. The monoisotopic (exact) mass is 420 g/mol. The highest BCUT2D eigenvalue weighted by atomic mass is 16.2. The third-order valence-electron chi connectivity index (χ3n) is 6.33. The van der Waals surface area contributed by atoms with E-state index in [1.54, 1.807) is 5.01 Å². The van der Waals surface area contributed by atoms with Crippen LogP contribution in [0.25, 0.3) is 0 Å². The van der Waals surface area contributed by atoms with E-state index in [9.17, 15) is 9.59 Å². The molecule has 0 aliphatic heterocycles. The van der Waals surface area contributed by atoms with Crippen molar-refractivity contribution in [2.45, 2.75) is 78.7 Å². The normalized spacial score (nSPS) is 15.4. The van der Waals surface area contributed by atoms with Gasteiger partial charge in [0, 0.05) is 11.1 Å². The van der Waals surface area contributed by atoms with Gasteiger partial charge in [0.2, 0.25) is 0 Å². The van der Waals surface area contributed by atoms with E-state index in [0.717, 1.165) is 42.4 Å². The SMILES string of the molecule is CCC[C@@H](C1CCCCC1)N(NC(=O)c1ccc(C)cc1)C(=O)c1cc(C)cc(C)c1. The Bertz CT molecular complexity index is 878. The molecular formula is C27H36N2O2. The summed E-state index contributed by atoms with van der Waals surface area (Å²) < 4.78 is 0. The second kappa shape index (κ2) is 10.6. The summed E-state index contributed by atoms with van der Waals surface area (Å²) in [4.78, 5) is 26.9. The summed E-state index contributed by atoms with van der Waals surface area (Å²) in [5.41, 5.74) is 7.44. The highest BCUT2D eigenvalue weighted by molar-refractivity contribution is 5.99. The highest BCUT2D eigenvalue weighted by Crippen LogP contribution is 2.31. The fourth-order valence-electron chi connectivity index (χ4n) is 4.79. The van der Waals surface area contributed by atoms with E-state index in [1.165, 1.54) is 19.3 Å². The van der Waals surface area contributed by atoms with E-state index in [1.807, 2.05) is 57.2 Å². The topological polar surface area (TPSA) is 49.4 Å². The van der Waals surface area contributed by atoms with Crippen LogP contribution in [-0.4, -0.2) is 22.9 Å². The van der Waals surface area contributed by atoms with Crippen molar-refractivity contribution in [2.75, 3.05) is 0 Å². The summed E-state index contributed by atoms with van der Waals surface area (Å²) in [5, 5.41) is 1.66. The fraction of sp³-hybridized carbons (Fsp3) is 0.481. The molecule has 4 heteroatoms. The molecule has 2 aromatic carbocycles. The second-order valence-electron chi connectivity index (χ2n) is 9.11. The van der Waals surface area contributed by atoms with Crippen LogP contribution in [0.5, 0.6) is 0 Å². The molecule has 0 unspecified atom stereocenters. The number of carbonyl (C=O) groups excluding carboxylic acids is 2. The van der Waals surface area contributed by atoms with Crippen molar-refractivity contribution in [3.8, 4) is 0 Å². The number of benzene rings is 2. The molecule has 1 aliphatic rings. The molecule has 1 aliphatic carbocycles. The van der Waals surface area contributed by atoms with Gasteiger partial charge < -0.3 is 0 Å². The van der Waals surface area contributed by atoms with Gasteiger partial charge in [0.1, 0.15) is 0 Å². The first kappa shape index (κ1) is 23.1. The molecule has 0 radical (unpaired) electrons. The molecular weight excluding hydrogens is 384 g/mol. The Morgan fingerprint density at radius 1 is 0.903 bits per heavy atom. The molecule has 4 nitrogen and oxygen atoms in total. The van der Waals surface area contributed by atoms with Crippen molar-refractivity contribution >= 4 is 11.8 Å². The molecule has 0 spiro atoms. The smallest absolute Gasteiger partial charge is 0.267 e. The van der Waals surface area contributed by atoms with Crippen molar-refractivity contribution in [1.82, 2.24) is 10.4 Å². The van der Waals surface area contributed by atoms with Crippen LogP contribution in [0.4, 0.5) is 0 Å². The Hall–Kier alpha value is -2.62. The maximum atomic E-state index is 13.7. The predicted molar refractivity (Wildman–Crippen MR) is 126 cm³/mol. The summed E-state index contributed by atoms with van der Waals surface area (Å²) >= 11 is 0. The molecule has 2 aromatic rings. The molecule has 0 bridgehead atoms. The van der Waals surface area contributed by atoms with Crippen molar-refractivity contribution in [3.63, 3.8) is 0 Å².